The van der Waals surface area contributed by atoms with Gasteiger partial charge in [0.2, 0.25) is 0 Å². The summed E-state index contributed by atoms with van der Waals surface area (Å²) >= 11 is 0. The molecule has 1 aromatic rings. The van der Waals surface area contributed by atoms with Crippen LogP contribution in [0.2, 0.25) is 0 Å². The zero-order valence-electron chi connectivity index (χ0n) is 10.9. The van der Waals surface area contributed by atoms with Crippen LogP contribution in [0.3, 0.4) is 0 Å². The predicted molar refractivity (Wildman–Crippen MR) is 69.0 cm³/mol. The second kappa shape index (κ2) is 5.32. The van der Waals surface area contributed by atoms with Gasteiger partial charge in [-0.25, -0.2) is 0 Å². The van der Waals surface area contributed by atoms with Crippen molar-refractivity contribution in [3.05, 3.63) is 35.4 Å². The van der Waals surface area contributed by atoms with E-state index in [0.29, 0.717) is 0 Å². The Morgan fingerprint density at radius 2 is 1.88 bits per heavy atom. The van der Waals surface area contributed by atoms with Gasteiger partial charge in [-0.1, -0.05) is 31.2 Å². The monoisotopic (exact) mass is 235 g/mol. The van der Waals surface area contributed by atoms with Gasteiger partial charge >= 0.3 is 5.97 Å². The van der Waals surface area contributed by atoms with Gasteiger partial charge in [0.1, 0.15) is 0 Å². The minimum absolute atomic E-state index is 0.189. The second-order valence-electron chi connectivity index (χ2n) is 4.84. The van der Waals surface area contributed by atoms with Gasteiger partial charge in [-0.15, -0.1) is 0 Å². The number of benzene rings is 1. The molecule has 0 radical (unpaired) electrons. The molecule has 1 aromatic carbocycles. The summed E-state index contributed by atoms with van der Waals surface area (Å²) in [5.74, 6) is -0.795. The molecule has 0 saturated heterocycles. The largest absolute Gasteiger partial charge is 0.481 e. The van der Waals surface area contributed by atoms with E-state index in [2.05, 4.69) is 24.4 Å². The fourth-order valence-corrected chi connectivity index (χ4v) is 2.01. The van der Waals surface area contributed by atoms with Crippen molar-refractivity contribution >= 4 is 5.97 Å². The number of carbonyl (C=O) groups is 1. The molecule has 0 bridgehead atoms. The van der Waals surface area contributed by atoms with Crippen LogP contribution in [-0.4, -0.2) is 18.1 Å². The lowest BCUT2D eigenvalue weighted by Gasteiger charge is -2.30. The molecule has 17 heavy (non-hydrogen) atoms. The Morgan fingerprint density at radius 1 is 1.35 bits per heavy atom. The Kier molecular flexibility index (Phi) is 4.29. The number of hydrogen-bond acceptors (Lipinski definition) is 2. The van der Waals surface area contributed by atoms with E-state index in [4.69, 9.17) is 0 Å². The third kappa shape index (κ3) is 2.86. The number of rotatable bonds is 5. The van der Waals surface area contributed by atoms with Crippen LogP contribution in [0.25, 0.3) is 0 Å². The Balaban J connectivity index is 3.05. The van der Waals surface area contributed by atoms with Crippen molar-refractivity contribution in [2.45, 2.75) is 33.2 Å². The van der Waals surface area contributed by atoms with Gasteiger partial charge in [-0.05, 0) is 38.4 Å². The highest BCUT2D eigenvalue weighted by atomic mass is 16.4. The highest BCUT2D eigenvalue weighted by Crippen LogP contribution is 2.33. The second-order valence-corrected chi connectivity index (χ2v) is 4.84. The van der Waals surface area contributed by atoms with Crippen LogP contribution in [0, 0.1) is 5.41 Å². The smallest absolute Gasteiger partial charge is 0.311 e. The molecule has 0 saturated carbocycles. The standard InChI is InChI=1S/C14H21NO2/c1-5-10-6-8-11(9-7-10)12(15-4)14(2,3)13(16)17/h6-9,12,15H,5H2,1-4H3,(H,16,17). The van der Waals surface area contributed by atoms with Gasteiger partial charge in [0, 0.05) is 6.04 Å². The maximum absolute atomic E-state index is 11.3. The molecule has 1 atom stereocenters. The van der Waals surface area contributed by atoms with Crippen molar-refractivity contribution in [2.24, 2.45) is 5.41 Å². The third-order valence-electron chi connectivity index (χ3n) is 3.28. The van der Waals surface area contributed by atoms with E-state index in [0.717, 1.165) is 12.0 Å². The first-order valence-electron chi connectivity index (χ1n) is 5.93. The van der Waals surface area contributed by atoms with E-state index >= 15 is 0 Å². The van der Waals surface area contributed by atoms with Crippen molar-refractivity contribution in [2.75, 3.05) is 7.05 Å². The van der Waals surface area contributed by atoms with Crippen LogP contribution >= 0.6 is 0 Å². The third-order valence-corrected chi connectivity index (χ3v) is 3.28. The number of hydrogen-bond donors (Lipinski definition) is 2. The normalized spacial score (nSPS) is 13.4. The molecule has 0 aliphatic heterocycles. The van der Waals surface area contributed by atoms with E-state index in [-0.39, 0.29) is 6.04 Å². The number of aryl methyl sites for hydroxylation is 1. The van der Waals surface area contributed by atoms with E-state index in [1.54, 1.807) is 20.9 Å². The Labute approximate surface area is 103 Å². The molecule has 3 heteroatoms. The highest BCUT2D eigenvalue weighted by molar-refractivity contribution is 5.75. The molecule has 1 unspecified atom stereocenters. The van der Waals surface area contributed by atoms with Gasteiger partial charge in [0.25, 0.3) is 0 Å². The van der Waals surface area contributed by atoms with Crippen molar-refractivity contribution in [3.8, 4) is 0 Å². The topological polar surface area (TPSA) is 49.3 Å². The van der Waals surface area contributed by atoms with E-state index in [1.165, 1.54) is 5.56 Å². The SMILES string of the molecule is CCc1ccc(C(NC)C(C)(C)C(=O)O)cc1. The van der Waals surface area contributed by atoms with Gasteiger partial charge in [-0.2, -0.15) is 0 Å². The van der Waals surface area contributed by atoms with Crippen LogP contribution in [0.4, 0.5) is 0 Å². The lowest BCUT2D eigenvalue weighted by Crippen LogP contribution is -2.38. The molecule has 0 amide bonds. The Hall–Kier alpha value is -1.35. The van der Waals surface area contributed by atoms with E-state index < -0.39 is 11.4 Å². The summed E-state index contributed by atoms with van der Waals surface area (Å²) in [6.45, 7) is 5.58. The van der Waals surface area contributed by atoms with Crippen molar-refractivity contribution in [3.63, 3.8) is 0 Å². The molecule has 1 rings (SSSR count). The van der Waals surface area contributed by atoms with Crippen molar-refractivity contribution in [1.29, 1.82) is 0 Å². The number of aliphatic carboxylic acids is 1. The molecular formula is C14H21NO2. The molecule has 94 valence electrons. The average Bonchev–Trinajstić information content (AvgIpc) is 2.30. The summed E-state index contributed by atoms with van der Waals surface area (Å²) in [6, 6.07) is 7.93. The average molecular weight is 235 g/mol. The first-order chi connectivity index (χ1) is 7.93. The molecule has 0 fully saturated rings. The lowest BCUT2D eigenvalue weighted by molar-refractivity contribution is -0.148. The van der Waals surface area contributed by atoms with Crippen LogP contribution in [0.15, 0.2) is 24.3 Å². The number of nitrogens with one attached hydrogen (secondary N) is 1. The predicted octanol–water partition coefficient (Wildman–Crippen LogP) is 2.62. The maximum atomic E-state index is 11.3. The van der Waals surface area contributed by atoms with Crippen LogP contribution < -0.4 is 5.32 Å². The summed E-state index contributed by atoms with van der Waals surface area (Å²) < 4.78 is 0. The minimum atomic E-state index is -0.831. The quantitative estimate of drug-likeness (QED) is 0.824. The molecule has 0 aromatic heterocycles. The van der Waals surface area contributed by atoms with Crippen LogP contribution in [0.5, 0.6) is 0 Å². The number of carboxylic acid groups (broad SMARTS) is 1. The van der Waals surface area contributed by atoms with Gasteiger partial charge in [0.05, 0.1) is 5.41 Å². The molecule has 0 aliphatic carbocycles. The van der Waals surface area contributed by atoms with E-state index in [9.17, 15) is 9.90 Å². The summed E-state index contributed by atoms with van der Waals surface area (Å²) in [7, 11) is 1.79. The lowest BCUT2D eigenvalue weighted by atomic mass is 9.80. The summed E-state index contributed by atoms with van der Waals surface area (Å²) in [5.41, 5.74) is 1.44. The summed E-state index contributed by atoms with van der Waals surface area (Å²) in [5, 5.41) is 12.4. The molecule has 0 heterocycles. The first-order valence-corrected chi connectivity index (χ1v) is 5.93. The van der Waals surface area contributed by atoms with Crippen LogP contribution in [0.1, 0.15) is 37.9 Å². The zero-order chi connectivity index (χ0) is 13.1. The van der Waals surface area contributed by atoms with Crippen molar-refractivity contribution in [1.82, 2.24) is 5.32 Å². The molecule has 0 aliphatic rings. The summed E-state index contributed by atoms with van der Waals surface area (Å²) in [4.78, 5) is 11.3. The first kappa shape index (κ1) is 13.7. The number of carboxylic acids is 1. The van der Waals surface area contributed by atoms with Crippen LogP contribution in [-0.2, 0) is 11.2 Å². The fourth-order valence-electron chi connectivity index (χ4n) is 2.01. The van der Waals surface area contributed by atoms with Crippen molar-refractivity contribution < 1.29 is 9.90 Å². The Bertz CT molecular complexity index is 382. The maximum Gasteiger partial charge on any atom is 0.311 e. The highest BCUT2D eigenvalue weighted by Gasteiger charge is 2.36. The minimum Gasteiger partial charge on any atom is -0.481 e. The van der Waals surface area contributed by atoms with E-state index in [1.807, 2.05) is 12.1 Å². The summed E-state index contributed by atoms with van der Waals surface area (Å²) in [6.07, 6.45) is 0.993. The molecule has 0 spiro atoms. The molecular weight excluding hydrogens is 214 g/mol. The van der Waals surface area contributed by atoms with Gasteiger partial charge in [-0.3, -0.25) is 4.79 Å². The Morgan fingerprint density at radius 3 is 2.24 bits per heavy atom. The zero-order valence-corrected chi connectivity index (χ0v) is 10.9. The molecule has 3 nitrogen and oxygen atoms in total. The van der Waals surface area contributed by atoms with Gasteiger partial charge < -0.3 is 10.4 Å². The fraction of sp³-hybridized carbons (Fsp3) is 0.500. The molecule has 2 N–H and O–H groups in total. The van der Waals surface area contributed by atoms with Gasteiger partial charge in [0.15, 0.2) is 0 Å².